The molecule has 1 amide bonds. The highest BCUT2D eigenvalue weighted by Crippen LogP contribution is 2.18. The Kier molecular flexibility index (Phi) is 4.94. The van der Waals surface area contributed by atoms with Crippen molar-refractivity contribution in [2.75, 3.05) is 13.1 Å². The summed E-state index contributed by atoms with van der Waals surface area (Å²) in [7, 11) is 0. The Morgan fingerprint density at radius 2 is 2.10 bits per heavy atom. The summed E-state index contributed by atoms with van der Waals surface area (Å²) in [5.41, 5.74) is 0.682. The van der Waals surface area contributed by atoms with Crippen molar-refractivity contribution in [1.29, 1.82) is 0 Å². The van der Waals surface area contributed by atoms with Crippen molar-refractivity contribution >= 4 is 27.6 Å². The zero-order chi connectivity index (χ0) is 14.7. The van der Waals surface area contributed by atoms with Crippen LogP contribution >= 0.6 is 15.9 Å². The van der Waals surface area contributed by atoms with Gasteiger partial charge in [-0.05, 0) is 25.5 Å². The second kappa shape index (κ2) is 6.50. The van der Waals surface area contributed by atoms with Crippen molar-refractivity contribution in [2.24, 2.45) is 0 Å². The number of hydrogen-bond donors (Lipinski definition) is 1. The monoisotopic (exact) mass is 338 g/mol. The quantitative estimate of drug-likeness (QED) is 0.856. The Labute approximate surface area is 127 Å². The SMILES string of the molecule is CCC1C(=O)NCCN1C(C)C(=O)c1ccc(Br)cc1. The lowest BCUT2D eigenvalue weighted by Crippen LogP contribution is -2.59. The first-order chi connectivity index (χ1) is 9.54. The molecule has 2 rings (SSSR count). The number of Topliss-reactive ketones (excluding diaryl/α,β-unsaturated/α-hetero) is 1. The second-order valence-corrected chi connectivity index (χ2v) is 5.92. The molecule has 1 aliphatic heterocycles. The van der Waals surface area contributed by atoms with E-state index in [0.29, 0.717) is 25.1 Å². The van der Waals surface area contributed by atoms with Gasteiger partial charge < -0.3 is 5.32 Å². The molecule has 0 aromatic heterocycles. The number of rotatable bonds is 4. The minimum absolute atomic E-state index is 0.0224. The van der Waals surface area contributed by atoms with Gasteiger partial charge in [-0.1, -0.05) is 35.0 Å². The zero-order valence-electron chi connectivity index (χ0n) is 11.7. The fourth-order valence-electron chi connectivity index (χ4n) is 2.62. The maximum Gasteiger partial charge on any atom is 0.237 e. The molecule has 0 radical (unpaired) electrons. The molecule has 1 N–H and O–H groups in total. The van der Waals surface area contributed by atoms with Gasteiger partial charge in [0.2, 0.25) is 5.91 Å². The van der Waals surface area contributed by atoms with Crippen molar-refractivity contribution in [1.82, 2.24) is 10.2 Å². The van der Waals surface area contributed by atoms with Crippen molar-refractivity contribution < 1.29 is 9.59 Å². The van der Waals surface area contributed by atoms with Gasteiger partial charge in [0.25, 0.3) is 0 Å². The molecule has 1 heterocycles. The number of carbonyl (C=O) groups is 2. The number of halogens is 1. The van der Waals surface area contributed by atoms with E-state index < -0.39 is 0 Å². The molecule has 1 aromatic rings. The molecule has 1 aromatic carbocycles. The summed E-state index contributed by atoms with van der Waals surface area (Å²) in [6, 6.07) is 6.85. The van der Waals surface area contributed by atoms with Gasteiger partial charge in [0.1, 0.15) is 0 Å². The predicted octanol–water partition coefficient (Wildman–Crippen LogP) is 2.23. The highest BCUT2D eigenvalue weighted by molar-refractivity contribution is 9.10. The van der Waals surface area contributed by atoms with Crippen LogP contribution in [-0.4, -0.2) is 41.8 Å². The topological polar surface area (TPSA) is 49.4 Å². The van der Waals surface area contributed by atoms with Gasteiger partial charge in [-0.25, -0.2) is 0 Å². The van der Waals surface area contributed by atoms with Gasteiger partial charge in [0.05, 0.1) is 12.1 Å². The van der Waals surface area contributed by atoms with E-state index in [-0.39, 0.29) is 23.8 Å². The third kappa shape index (κ3) is 3.10. The molecule has 1 fully saturated rings. The Balaban J connectivity index is 2.16. The van der Waals surface area contributed by atoms with E-state index in [0.717, 1.165) is 4.47 Å². The maximum atomic E-state index is 12.5. The van der Waals surface area contributed by atoms with Gasteiger partial charge in [-0.3, -0.25) is 14.5 Å². The second-order valence-electron chi connectivity index (χ2n) is 5.00. The van der Waals surface area contributed by atoms with Crippen molar-refractivity contribution in [3.05, 3.63) is 34.3 Å². The first-order valence-corrected chi connectivity index (χ1v) is 7.67. The average molecular weight is 339 g/mol. The van der Waals surface area contributed by atoms with Crippen LogP contribution in [-0.2, 0) is 4.79 Å². The van der Waals surface area contributed by atoms with E-state index in [2.05, 4.69) is 21.2 Å². The van der Waals surface area contributed by atoms with E-state index in [1.807, 2.05) is 43.0 Å². The molecule has 108 valence electrons. The summed E-state index contributed by atoms with van der Waals surface area (Å²) in [5, 5.41) is 2.86. The van der Waals surface area contributed by atoms with E-state index in [1.165, 1.54) is 0 Å². The number of amides is 1. The standard InChI is InChI=1S/C15H19BrN2O2/c1-3-13-15(20)17-8-9-18(13)10(2)14(19)11-4-6-12(16)7-5-11/h4-7,10,13H,3,8-9H2,1-2H3,(H,17,20). The fraction of sp³-hybridized carbons (Fsp3) is 0.467. The minimum atomic E-state index is -0.285. The average Bonchev–Trinajstić information content (AvgIpc) is 2.46. The third-order valence-corrected chi connectivity index (χ3v) is 4.29. The van der Waals surface area contributed by atoms with Crippen LogP contribution in [0.15, 0.2) is 28.7 Å². The Morgan fingerprint density at radius 1 is 1.45 bits per heavy atom. The minimum Gasteiger partial charge on any atom is -0.353 e. The lowest BCUT2D eigenvalue weighted by molar-refractivity contribution is -0.129. The highest BCUT2D eigenvalue weighted by Gasteiger charge is 2.34. The van der Waals surface area contributed by atoms with Crippen molar-refractivity contribution in [3.63, 3.8) is 0 Å². The predicted molar refractivity (Wildman–Crippen MR) is 81.7 cm³/mol. The lowest BCUT2D eigenvalue weighted by atomic mass is 10.0. The Bertz CT molecular complexity index is 501. The zero-order valence-corrected chi connectivity index (χ0v) is 13.3. The van der Waals surface area contributed by atoms with Crippen LogP contribution in [0.25, 0.3) is 0 Å². The van der Waals surface area contributed by atoms with Gasteiger partial charge >= 0.3 is 0 Å². The van der Waals surface area contributed by atoms with Crippen LogP contribution in [0, 0.1) is 0 Å². The van der Waals surface area contributed by atoms with E-state index in [4.69, 9.17) is 0 Å². The normalized spacial score (nSPS) is 21.4. The summed E-state index contributed by atoms with van der Waals surface area (Å²) < 4.78 is 0.950. The molecule has 0 saturated carbocycles. The number of hydrogen-bond acceptors (Lipinski definition) is 3. The first-order valence-electron chi connectivity index (χ1n) is 6.87. The Morgan fingerprint density at radius 3 is 2.70 bits per heavy atom. The van der Waals surface area contributed by atoms with Gasteiger partial charge in [-0.2, -0.15) is 0 Å². The van der Waals surface area contributed by atoms with Crippen molar-refractivity contribution in [3.8, 4) is 0 Å². The van der Waals surface area contributed by atoms with Gasteiger partial charge in [0, 0.05) is 23.1 Å². The molecule has 0 bridgehead atoms. The van der Waals surface area contributed by atoms with Crippen LogP contribution in [0.2, 0.25) is 0 Å². The summed E-state index contributed by atoms with van der Waals surface area (Å²) in [4.78, 5) is 26.4. The smallest absolute Gasteiger partial charge is 0.237 e. The summed E-state index contributed by atoms with van der Waals surface area (Å²) in [6.45, 7) is 5.17. The van der Waals surface area contributed by atoms with Crippen LogP contribution in [0.5, 0.6) is 0 Å². The van der Waals surface area contributed by atoms with Gasteiger partial charge in [0.15, 0.2) is 5.78 Å². The van der Waals surface area contributed by atoms with E-state index in [9.17, 15) is 9.59 Å². The van der Waals surface area contributed by atoms with E-state index in [1.54, 1.807) is 0 Å². The fourth-order valence-corrected chi connectivity index (χ4v) is 2.89. The molecule has 1 saturated heterocycles. The molecule has 0 aliphatic carbocycles. The first kappa shape index (κ1) is 15.2. The number of nitrogens with zero attached hydrogens (tertiary/aromatic N) is 1. The van der Waals surface area contributed by atoms with Crippen LogP contribution in [0.1, 0.15) is 30.6 Å². The molecule has 2 atom stereocenters. The summed E-state index contributed by atoms with van der Waals surface area (Å²) >= 11 is 3.36. The van der Waals surface area contributed by atoms with E-state index >= 15 is 0 Å². The largest absolute Gasteiger partial charge is 0.353 e. The molecule has 1 aliphatic rings. The molecular weight excluding hydrogens is 320 g/mol. The van der Waals surface area contributed by atoms with Crippen LogP contribution in [0.3, 0.4) is 0 Å². The summed E-state index contributed by atoms with van der Waals surface area (Å²) in [5.74, 6) is 0.0832. The summed E-state index contributed by atoms with van der Waals surface area (Å²) in [6.07, 6.45) is 0.712. The number of carbonyl (C=O) groups excluding carboxylic acids is 2. The third-order valence-electron chi connectivity index (χ3n) is 3.76. The lowest BCUT2D eigenvalue weighted by Gasteiger charge is -2.38. The highest BCUT2D eigenvalue weighted by atomic mass is 79.9. The molecule has 2 unspecified atom stereocenters. The number of piperazine rings is 1. The molecule has 20 heavy (non-hydrogen) atoms. The maximum absolute atomic E-state index is 12.5. The van der Waals surface area contributed by atoms with Crippen molar-refractivity contribution in [2.45, 2.75) is 32.4 Å². The molecule has 0 spiro atoms. The number of benzene rings is 1. The number of ketones is 1. The number of nitrogens with one attached hydrogen (secondary N) is 1. The molecular formula is C15H19BrN2O2. The van der Waals surface area contributed by atoms with Gasteiger partial charge in [-0.15, -0.1) is 0 Å². The molecule has 5 heteroatoms. The molecule has 4 nitrogen and oxygen atoms in total. The van der Waals surface area contributed by atoms with Crippen LogP contribution in [0.4, 0.5) is 0 Å². The van der Waals surface area contributed by atoms with Crippen LogP contribution < -0.4 is 5.32 Å². The Hall–Kier alpha value is -1.20.